The van der Waals surface area contributed by atoms with E-state index in [4.69, 9.17) is 0 Å². The Labute approximate surface area is 126 Å². The lowest BCUT2D eigenvalue weighted by molar-refractivity contribution is 0.548. The SMILES string of the molecule is Cc1cc(CNCC(C)C)nc(-c2ccc(Br)s2)n1. The van der Waals surface area contributed by atoms with Crippen LogP contribution in [0, 0.1) is 12.8 Å². The first-order chi connectivity index (χ1) is 9.04. The van der Waals surface area contributed by atoms with Gasteiger partial charge in [0.1, 0.15) is 0 Å². The monoisotopic (exact) mass is 339 g/mol. The Morgan fingerprint density at radius 1 is 1.32 bits per heavy atom. The molecule has 0 radical (unpaired) electrons. The van der Waals surface area contributed by atoms with E-state index in [0.29, 0.717) is 5.92 Å². The molecule has 2 aromatic heterocycles. The Bertz CT molecular complexity index is 551. The molecule has 0 saturated heterocycles. The number of thiophene rings is 1. The van der Waals surface area contributed by atoms with Gasteiger partial charge < -0.3 is 5.32 Å². The zero-order valence-corrected chi connectivity index (χ0v) is 13.8. The third kappa shape index (κ3) is 4.37. The van der Waals surface area contributed by atoms with Gasteiger partial charge in [0, 0.05) is 12.2 Å². The van der Waals surface area contributed by atoms with E-state index in [1.807, 2.05) is 19.1 Å². The maximum absolute atomic E-state index is 4.63. The van der Waals surface area contributed by atoms with Crippen molar-refractivity contribution in [1.82, 2.24) is 15.3 Å². The van der Waals surface area contributed by atoms with Gasteiger partial charge in [0.2, 0.25) is 0 Å². The number of aromatic nitrogens is 2. The summed E-state index contributed by atoms with van der Waals surface area (Å²) in [7, 11) is 0. The second-order valence-electron chi connectivity index (χ2n) is 4.95. The molecule has 19 heavy (non-hydrogen) atoms. The number of nitrogens with zero attached hydrogens (tertiary/aromatic N) is 2. The molecular weight excluding hydrogens is 322 g/mol. The highest BCUT2D eigenvalue weighted by atomic mass is 79.9. The number of aryl methyl sites for hydroxylation is 1. The molecule has 0 aromatic carbocycles. The zero-order chi connectivity index (χ0) is 13.8. The lowest BCUT2D eigenvalue weighted by Gasteiger charge is -2.08. The van der Waals surface area contributed by atoms with Crippen LogP contribution in [0.15, 0.2) is 22.0 Å². The molecule has 0 spiro atoms. The van der Waals surface area contributed by atoms with Gasteiger partial charge in [-0.15, -0.1) is 11.3 Å². The van der Waals surface area contributed by atoms with Crippen LogP contribution < -0.4 is 5.32 Å². The molecule has 5 heteroatoms. The molecule has 1 N–H and O–H groups in total. The fourth-order valence-corrected chi connectivity index (χ4v) is 3.08. The van der Waals surface area contributed by atoms with E-state index in [1.165, 1.54) is 0 Å². The molecule has 0 saturated carbocycles. The third-order valence-electron chi connectivity index (χ3n) is 2.56. The topological polar surface area (TPSA) is 37.8 Å². The van der Waals surface area contributed by atoms with E-state index in [1.54, 1.807) is 11.3 Å². The summed E-state index contributed by atoms with van der Waals surface area (Å²) in [5.74, 6) is 1.47. The van der Waals surface area contributed by atoms with Gasteiger partial charge in [-0.05, 0) is 53.5 Å². The van der Waals surface area contributed by atoms with Crippen molar-refractivity contribution in [1.29, 1.82) is 0 Å². The number of hydrogen-bond donors (Lipinski definition) is 1. The first-order valence-corrected chi connectivity index (χ1v) is 7.96. The van der Waals surface area contributed by atoms with E-state index < -0.39 is 0 Å². The van der Waals surface area contributed by atoms with Crippen molar-refractivity contribution in [3.05, 3.63) is 33.4 Å². The van der Waals surface area contributed by atoms with Crippen LogP contribution in [0.4, 0.5) is 0 Å². The summed E-state index contributed by atoms with van der Waals surface area (Å²) in [5.41, 5.74) is 2.06. The highest BCUT2D eigenvalue weighted by Gasteiger charge is 2.07. The third-order valence-corrected chi connectivity index (χ3v) is 4.18. The van der Waals surface area contributed by atoms with Gasteiger partial charge >= 0.3 is 0 Å². The fraction of sp³-hybridized carbons (Fsp3) is 0.429. The number of halogens is 1. The van der Waals surface area contributed by atoms with Crippen LogP contribution in [-0.4, -0.2) is 16.5 Å². The molecule has 0 unspecified atom stereocenters. The van der Waals surface area contributed by atoms with Gasteiger partial charge in [0.15, 0.2) is 5.82 Å². The smallest absolute Gasteiger partial charge is 0.169 e. The maximum atomic E-state index is 4.63. The number of nitrogens with one attached hydrogen (secondary N) is 1. The van der Waals surface area contributed by atoms with Crippen LogP contribution in [-0.2, 0) is 6.54 Å². The maximum Gasteiger partial charge on any atom is 0.169 e. The van der Waals surface area contributed by atoms with Crippen LogP contribution in [0.1, 0.15) is 25.2 Å². The van der Waals surface area contributed by atoms with Crippen LogP contribution in [0.25, 0.3) is 10.7 Å². The lowest BCUT2D eigenvalue weighted by atomic mass is 10.2. The Balaban J connectivity index is 2.15. The Morgan fingerprint density at radius 2 is 2.11 bits per heavy atom. The van der Waals surface area contributed by atoms with Crippen molar-refractivity contribution < 1.29 is 0 Å². The summed E-state index contributed by atoms with van der Waals surface area (Å²) in [6.45, 7) is 8.21. The first-order valence-electron chi connectivity index (χ1n) is 6.35. The summed E-state index contributed by atoms with van der Waals surface area (Å²) in [6.07, 6.45) is 0. The van der Waals surface area contributed by atoms with Gasteiger partial charge in [-0.25, -0.2) is 9.97 Å². The van der Waals surface area contributed by atoms with Crippen molar-refractivity contribution in [2.45, 2.75) is 27.3 Å². The molecule has 102 valence electrons. The molecule has 2 heterocycles. The van der Waals surface area contributed by atoms with Gasteiger partial charge in [-0.1, -0.05) is 13.8 Å². The van der Waals surface area contributed by atoms with Crippen molar-refractivity contribution in [2.24, 2.45) is 5.92 Å². The Morgan fingerprint density at radius 3 is 2.74 bits per heavy atom. The molecule has 0 fully saturated rings. The molecule has 0 aliphatic carbocycles. The minimum absolute atomic E-state index is 0.649. The first kappa shape index (κ1) is 14.6. The van der Waals surface area contributed by atoms with Crippen molar-refractivity contribution in [3.8, 4) is 10.7 Å². The van der Waals surface area contributed by atoms with Crippen molar-refractivity contribution >= 4 is 27.3 Å². The average Bonchev–Trinajstić information content (AvgIpc) is 2.75. The Kier molecular flexibility index (Phi) is 5.07. The van der Waals surface area contributed by atoms with E-state index in [-0.39, 0.29) is 0 Å². The fourth-order valence-electron chi connectivity index (χ4n) is 1.76. The van der Waals surface area contributed by atoms with Crippen molar-refractivity contribution in [2.75, 3.05) is 6.54 Å². The standard InChI is InChI=1S/C14H18BrN3S/c1-9(2)7-16-8-11-6-10(3)17-14(18-11)12-4-5-13(15)19-12/h4-6,9,16H,7-8H2,1-3H3. The van der Waals surface area contributed by atoms with E-state index >= 15 is 0 Å². The van der Waals surface area contributed by atoms with E-state index in [2.05, 4.69) is 51.1 Å². The predicted molar refractivity (Wildman–Crippen MR) is 84.3 cm³/mol. The summed E-state index contributed by atoms with van der Waals surface area (Å²) in [6, 6.07) is 6.12. The molecule has 2 aromatic rings. The average molecular weight is 340 g/mol. The van der Waals surface area contributed by atoms with E-state index in [9.17, 15) is 0 Å². The molecular formula is C14H18BrN3S. The largest absolute Gasteiger partial charge is 0.311 e. The zero-order valence-electron chi connectivity index (χ0n) is 11.4. The molecule has 3 nitrogen and oxygen atoms in total. The van der Waals surface area contributed by atoms with Gasteiger partial charge in [-0.3, -0.25) is 0 Å². The quantitative estimate of drug-likeness (QED) is 0.893. The minimum atomic E-state index is 0.649. The highest BCUT2D eigenvalue weighted by Crippen LogP contribution is 2.29. The van der Waals surface area contributed by atoms with Crippen LogP contribution >= 0.6 is 27.3 Å². The molecule has 0 amide bonds. The van der Waals surface area contributed by atoms with Crippen LogP contribution in [0.3, 0.4) is 0 Å². The van der Waals surface area contributed by atoms with Crippen LogP contribution in [0.5, 0.6) is 0 Å². The van der Waals surface area contributed by atoms with Crippen molar-refractivity contribution in [3.63, 3.8) is 0 Å². The molecule has 2 rings (SSSR count). The molecule has 0 atom stereocenters. The summed E-state index contributed by atoms with van der Waals surface area (Å²) >= 11 is 5.13. The second kappa shape index (κ2) is 6.59. The lowest BCUT2D eigenvalue weighted by Crippen LogP contribution is -2.20. The Hall–Kier alpha value is -0.780. The summed E-state index contributed by atoms with van der Waals surface area (Å²) in [4.78, 5) is 10.2. The van der Waals surface area contributed by atoms with E-state index in [0.717, 1.165) is 39.0 Å². The molecule has 0 bridgehead atoms. The van der Waals surface area contributed by atoms with Gasteiger partial charge in [0.25, 0.3) is 0 Å². The predicted octanol–water partition coefficient (Wildman–Crippen LogP) is 4.02. The minimum Gasteiger partial charge on any atom is -0.311 e. The number of rotatable bonds is 5. The molecule has 0 aliphatic heterocycles. The molecule has 0 aliphatic rings. The normalized spacial score (nSPS) is 11.2. The summed E-state index contributed by atoms with van der Waals surface area (Å²) in [5, 5.41) is 3.42. The number of hydrogen-bond acceptors (Lipinski definition) is 4. The summed E-state index contributed by atoms with van der Waals surface area (Å²) < 4.78 is 1.10. The second-order valence-corrected chi connectivity index (χ2v) is 7.42. The highest BCUT2D eigenvalue weighted by molar-refractivity contribution is 9.11. The van der Waals surface area contributed by atoms with Crippen LogP contribution in [0.2, 0.25) is 0 Å². The van der Waals surface area contributed by atoms with Gasteiger partial charge in [0.05, 0.1) is 14.4 Å². The van der Waals surface area contributed by atoms with Gasteiger partial charge in [-0.2, -0.15) is 0 Å².